The van der Waals surface area contributed by atoms with Gasteiger partial charge in [-0.2, -0.15) is 0 Å². The van der Waals surface area contributed by atoms with Crippen molar-refractivity contribution in [1.29, 1.82) is 0 Å². The summed E-state index contributed by atoms with van der Waals surface area (Å²) in [4.78, 5) is 14.2. The average Bonchev–Trinajstić information content (AvgIpc) is 2.45. The summed E-state index contributed by atoms with van der Waals surface area (Å²) in [6.45, 7) is 1.77. The van der Waals surface area contributed by atoms with Gasteiger partial charge in [-0.3, -0.25) is 4.79 Å². The molecule has 3 nitrogen and oxygen atoms in total. The highest BCUT2D eigenvalue weighted by atomic mass is 79.9. The van der Waals surface area contributed by atoms with E-state index in [1.807, 2.05) is 24.1 Å². The number of piperidine rings is 1. The standard InChI is InChI=1S/C15H21BrN2O/c1-17-14-6-3-9-18(11-14)15(19)8-7-12-4-2-5-13(16)10-12/h2,4-5,10,14,17H,3,6-9,11H2,1H3. The van der Waals surface area contributed by atoms with Crippen molar-refractivity contribution in [2.24, 2.45) is 0 Å². The fourth-order valence-electron chi connectivity index (χ4n) is 2.54. The van der Waals surface area contributed by atoms with E-state index in [9.17, 15) is 4.79 Å². The number of likely N-dealkylation sites (tertiary alicyclic amines) is 1. The molecule has 1 N–H and O–H groups in total. The van der Waals surface area contributed by atoms with Gasteiger partial charge in [0.2, 0.25) is 5.91 Å². The Balaban J connectivity index is 1.84. The highest BCUT2D eigenvalue weighted by molar-refractivity contribution is 9.10. The molecule has 1 aliphatic rings. The number of amides is 1. The third-order valence-electron chi connectivity index (χ3n) is 3.70. The van der Waals surface area contributed by atoms with Crippen LogP contribution in [0.4, 0.5) is 0 Å². The van der Waals surface area contributed by atoms with Crippen molar-refractivity contribution in [3.63, 3.8) is 0 Å². The molecule has 0 aromatic heterocycles. The molecule has 0 aliphatic carbocycles. The van der Waals surface area contributed by atoms with Crippen LogP contribution in [0.25, 0.3) is 0 Å². The van der Waals surface area contributed by atoms with E-state index in [2.05, 4.69) is 33.4 Å². The Morgan fingerprint density at radius 1 is 1.53 bits per heavy atom. The van der Waals surface area contributed by atoms with Gasteiger partial charge in [0, 0.05) is 30.0 Å². The summed E-state index contributed by atoms with van der Waals surface area (Å²) in [5, 5.41) is 3.27. The molecule has 1 fully saturated rings. The van der Waals surface area contributed by atoms with Gasteiger partial charge in [0.15, 0.2) is 0 Å². The van der Waals surface area contributed by atoms with Crippen LogP contribution in [-0.4, -0.2) is 37.0 Å². The summed E-state index contributed by atoms with van der Waals surface area (Å²) in [6.07, 6.45) is 3.70. The summed E-state index contributed by atoms with van der Waals surface area (Å²) < 4.78 is 1.07. The molecule has 0 bridgehead atoms. The van der Waals surface area contributed by atoms with Gasteiger partial charge in [-0.1, -0.05) is 28.1 Å². The van der Waals surface area contributed by atoms with Crippen LogP contribution in [0.15, 0.2) is 28.7 Å². The third-order valence-corrected chi connectivity index (χ3v) is 4.19. The smallest absolute Gasteiger partial charge is 0.222 e. The van der Waals surface area contributed by atoms with Crippen molar-refractivity contribution >= 4 is 21.8 Å². The molecule has 19 heavy (non-hydrogen) atoms. The molecule has 2 rings (SSSR count). The minimum atomic E-state index is 0.278. The Kier molecular flexibility index (Phi) is 5.40. The van der Waals surface area contributed by atoms with Gasteiger partial charge < -0.3 is 10.2 Å². The van der Waals surface area contributed by atoms with E-state index < -0.39 is 0 Å². The normalized spacial score (nSPS) is 19.5. The predicted octanol–water partition coefficient (Wildman–Crippen LogP) is 2.59. The molecule has 1 amide bonds. The Labute approximate surface area is 123 Å². The van der Waals surface area contributed by atoms with Crippen molar-refractivity contribution in [3.05, 3.63) is 34.3 Å². The molecule has 0 saturated carbocycles. The SMILES string of the molecule is CNC1CCCN(C(=O)CCc2cccc(Br)c2)C1. The van der Waals surface area contributed by atoms with Crippen LogP contribution in [0.5, 0.6) is 0 Å². The maximum absolute atomic E-state index is 12.2. The van der Waals surface area contributed by atoms with E-state index in [1.54, 1.807) is 0 Å². The number of hydrogen-bond acceptors (Lipinski definition) is 2. The number of rotatable bonds is 4. The molecule has 1 aromatic rings. The monoisotopic (exact) mass is 324 g/mol. The van der Waals surface area contributed by atoms with Crippen molar-refractivity contribution in [2.45, 2.75) is 31.7 Å². The van der Waals surface area contributed by atoms with E-state index >= 15 is 0 Å². The van der Waals surface area contributed by atoms with Gasteiger partial charge in [-0.15, -0.1) is 0 Å². The number of aryl methyl sites for hydroxylation is 1. The molecule has 1 unspecified atom stereocenters. The zero-order chi connectivity index (χ0) is 13.7. The predicted molar refractivity (Wildman–Crippen MR) is 81.1 cm³/mol. The van der Waals surface area contributed by atoms with Crippen LogP contribution in [0.1, 0.15) is 24.8 Å². The fraction of sp³-hybridized carbons (Fsp3) is 0.533. The first-order valence-electron chi connectivity index (χ1n) is 6.88. The van der Waals surface area contributed by atoms with Crippen LogP contribution in [0.3, 0.4) is 0 Å². The zero-order valence-electron chi connectivity index (χ0n) is 11.4. The molecule has 104 valence electrons. The van der Waals surface area contributed by atoms with Crippen LogP contribution in [0, 0.1) is 0 Å². The highest BCUT2D eigenvalue weighted by Crippen LogP contribution is 2.15. The number of carbonyl (C=O) groups excluding carboxylic acids is 1. The first kappa shape index (κ1) is 14.5. The summed E-state index contributed by atoms with van der Waals surface area (Å²) in [7, 11) is 1.97. The molecule has 1 atom stereocenters. The summed E-state index contributed by atoms with van der Waals surface area (Å²) in [5.41, 5.74) is 1.21. The number of nitrogens with zero attached hydrogens (tertiary/aromatic N) is 1. The lowest BCUT2D eigenvalue weighted by Gasteiger charge is -2.32. The molecule has 0 spiro atoms. The lowest BCUT2D eigenvalue weighted by molar-refractivity contribution is -0.132. The van der Waals surface area contributed by atoms with Gasteiger partial charge in [0.05, 0.1) is 0 Å². The van der Waals surface area contributed by atoms with E-state index in [4.69, 9.17) is 0 Å². The highest BCUT2D eigenvalue weighted by Gasteiger charge is 2.21. The van der Waals surface area contributed by atoms with Crippen molar-refractivity contribution in [3.8, 4) is 0 Å². The number of carbonyl (C=O) groups is 1. The minimum Gasteiger partial charge on any atom is -0.341 e. The molecule has 1 aliphatic heterocycles. The van der Waals surface area contributed by atoms with Crippen molar-refractivity contribution in [2.75, 3.05) is 20.1 Å². The zero-order valence-corrected chi connectivity index (χ0v) is 12.9. The lowest BCUT2D eigenvalue weighted by atomic mass is 10.0. The van der Waals surface area contributed by atoms with Gasteiger partial charge in [0.25, 0.3) is 0 Å². The Bertz CT molecular complexity index is 436. The van der Waals surface area contributed by atoms with E-state index in [-0.39, 0.29) is 5.91 Å². The first-order chi connectivity index (χ1) is 9.19. The summed E-state index contributed by atoms with van der Waals surface area (Å²) in [5.74, 6) is 0.278. The van der Waals surface area contributed by atoms with Gasteiger partial charge in [-0.05, 0) is 44.0 Å². The molecule has 1 aromatic carbocycles. The second kappa shape index (κ2) is 7.06. The second-order valence-corrected chi connectivity index (χ2v) is 6.01. The molecular formula is C15H21BrN2O. The van der Waals surface area contributed by atoms with Crippen molar-refractivity contribution in [1.82, 2.24) is 10.2 Å². The molecule has 1 saturated heterocycles. The second-order valence-electron chi connectivity index (χ2n) is 5.10. The fourth-order valence-corrected chi connectivity index (χ4v) is 2.99. The van der Waals surface area contributed by atoms with E-state index in [0.29, 0.717) is 12.5 Å². The summed E-state index contributed by atoms with van der Waals surface area (Å²) in [6, 6.07) is 8.64. The Morgan fingerprint density at radius 2 is 2.37 bits per heavy atom. The summed E-state index contributed by atoms with van der Waals surface area (Å²) >= 11 is 3.46. The maximum atomic E-state index is 12.2. The number of benzene rings is 1. The number of hydrogen-bond donors (Lipinski definition) is 1. The quantitative estimate of drug-likeness (QED) is 0.923. The minimum absolute atomic E-state index is 0.278. The van der Waals surface area contributed by atoms with Gasteiger partial charge >= 0.3 is 0 Å². The van der Waals surface area contributed by atoms with Crippen LogP contribution >= 0.6 is 15.9 Å². The van der Waals surface area contributed by atoms with Crippen LogP contribution in [0.2, 0.25) is 0 Å². The van der Waals surface area contributed by atoms with Gasteiger partial charge in [-0.25, -0.2) is 0 Å². The first-order valence-corrected chi connectivity index (χ1v) is 7.68. The molecule has 1 heterocycles. The maximum Gasteiger partial charge on any atom is 0.222 e. The van der Waals surface area contributed by atoms with E-state index in [1.165, 1.54) is 12.0 Å². The number of halogens is 1. The van der Waals surface area contributed by atoms with Crippen LogP contribution in [-0.2, 0) is 11.2 Å². The molecule has 4 heteroatoms. The molecular weight excluding hydrogens is 304 g/mol. The molecule has 0 radical (unpaired) electrons. The van der Waals surface area contributed by atoms with Crippen molar-refractivity contribution < 1.29 is 4.79 Å². The topological polar surface area (TPSA) is 32.3 Å². The van der Waals surface area contributed by atoms with E-state index in [0.717, 1.165) is 30.4 Å². The Morgan fingerprint density at radius 3 is 3.11 bits per heavy atom. The van der Waals surface area contributed by atoms with Gasteiger partial charge in [0.1, 0.15) is 0 Å². The number of likely N-dealkylation sites (N-methyl/N-ethyl adjacent to an activating group) is 1. The number of nitrogens with one attached hydrogen (secondary N) is 1. The largest absolute Gasteiger partial charge is 0.341 e. The lowest BCUT2D eigenvalue weighted by Crippen LogP contribution is -2.47. The third kappa shape index (κ3) is 4.32. The van der Waals surface area contributed by atoms with Crippen LogP contribution < -0.4 is 5.32 Å². The average molecular weight is 325 g/mol. The Hall–Kier alpha value is -0.870.